The number of benzene rings is 1. The SMILES string of the molecule is CN1C[C@H]2CN(c3ccc(CN4CCCCC4)cn3)C[C@H]2[C@@H]1c1cccc(F)c1. The monoisotopic (exact) mass is 394 g/mol. The third kappa shape index (κ3) is 3.90. The number of aromatic nitrogens is 1. The Balaban J connectivity index is 1.27. The molecule has 3 aliphatic rings. The molecular formula is C24H31FN4. The Hall–Kier alpha value is -1.98. The van der Waals surface area contributed by atoms with Crippen molar-refractivity contribution in [1.82, 2.24) is 14.8 Å². The van der Waals surface area contributed by atoms with Gasteiger partial charge in [-0.05, 0) is 68.2 Å². The van der Waals surface area contributed by atoms with Crippen molar-refractivity contribution in [3.8, 4) is 0 Å². The fourth-order valence-electron chi connectivity index (χ4n) is 5.71. The van der Waals surface area contributed by atoms with E-state index in [9.17, 15) is 4.39 Å². The molecule has 1 aromatic heterocycles. The van der Waals surface area contributed by atoms with Gasteiger partial charge in [-0.2, -0.15) is 0 Å². The summed E-state index contributed by atoms with van der Waals surface area (Å²) >= 11 is 0. The lowest BCUT2D eigenvalue weighted by Crippen LogP contribution is -2.30. The molecule has 29 heavy (non-hydrogen) atoms. The molecule has 4 nitrogen and oxygen atoms in total. The van der Waals surface area contributed by atoms with Crippen LogP contribution in [0.3, 0.4) is 0 Å². The molecule has 3 atom stereocenters. The van der Waals surface area contributed by atoms with Gasteiger partial charge >= 0.3 is 0 Å². The van der Waals surface area contributed by atoms with Crippen LogP contribution in [0.4, 0.5) is 10.2 Å². The highest BCUT2D eigenvalue weighted by molar-refractivity contribution is 5.42. The quantitative estimate of drug-likeness (QED) is 0.783. The van der Waals surface area contributed by atoms with Crippen LogP contribution in [0.5, 0.6) is 0 Å². The Morgan fingerprint density at radius 3 is 2.66 bits per heavy atom. The van der Waals surface area contributed by atoms with Gasteiger partial charge in [-0.3, -0.25) is 9.80 Å². The van der Waals surface area contributed by atoms with Crippen molar-refractivity contribution in [2.75, 3.05) is 44.7 Å². The lowest BCUT2D eigenvalue weighted by molar-refractivity contribution is 0.220. The molecule has 4 heterocycles. The number of nitrogens with zero attached hydrogens (tertiary/aromatic N) is 4. The second-order valence-corrected chi connectivity index (χ2v) is 9.13. The third-order valence-corrected chi connectivity index (χ3v) is 7.07. The van der Waals surface area contributed by atoms with E-state index in [0.717, 1.165) is 37.6 Å². The first-order valence-electron chi connectivity index (χ1n) is 11.1. The van der Waals surface area contributed by atoms with Crippen LogP contribution in [0, 0.1) is 17.7 Å². The molecule has 5 heteroatoms. The number of halogens is 1. The van der Waals surface area contributed by atoms with Crippen molar-refractivity contribution in [2.24, 2.45) is 11.8 Å². The lowest BCUT2D eigenvalue weighted by Gasteiger charge is -2.28. The molecule has 5 rings (SSSR count). The van der Waals surface area contributed by atoms with Crippen molar-refractivity contribution in [3.63, 3.8) is 0 Å². The van der Waals surface area contributed by atoms with Crippen LogP contribution in [0.2, 0.25) is 0 Å². The van der Waals surface area contributed by atoms with Gasteiger partial charge < -0.3 is 4.90 Å². The summed E-state index contributed by atoms with van der Waals surface area (Å²) in [7, 11) is 2.17. The van der Waals surface area contributed by atoms with E-state index in [0.29, 0.717) is 17.9 Å². The average molecular weight is 395 g/mol. The number of fused-ring (bicyclic) bond motifs is 1. The summed E-state index contributed by atoms with van der Waals surface area (Å²) in [6.07, 6.45) is 6.08. The van der Waals surface area contributed by atoms with Gasteiger partial charge in [0.2, 0.25) is 0 Å². The predicted octanol–water partition coefficient (Wildman–Crippen LogP) is 3.95. The minimum atomic E-state index is -0.139. The maximum Gasteiger partial charge on any atom is 0.128 e. The highest BCUT2D eigenvalue weighted by Crippen LogP contribution is 2.44. The second kappa shape index (κ2) is 8.04. The Kier molecular flexibility index (Phi) is 5.27. The fraction of sp³-hybridized carbons (Fsp3) is 0.542. The van der Waals surface area contributed by atoms with E-state index in [2.05, 4.69) is 46.1 Å². The molecule has 154 valence electrons. The molecule has 3 aliphatic heterocycles. The number of pyridine rings is 1. The molecular weight excluding hydrogens is 363 g/mol. The van der Waals surface area contributed by atoms with Gasteiger partial charge in [0, 0.05) is 44.3 Å². The van der Waals surface area contributed by atoms with Crippen LogP contribution in [-0.4, -0.2) is 54.6 Å². The summed E-state index contributed by atoms with van der Waals surface area (Å²) in [6, 6.07) is 11.9. The number of rotatable bonds is 4. The fourth-order valence-corrected chi connectivity index (χ4v) is 5.71. The average Bonchev–Trinajstić information content (AvgIpc) is 3.26. The summed E-state index contributed by atoms with van der Waals surface area (Å²) in [4.78, 5) is 12.2. The van der Waals surface area contributed by atoms with Gasteiger partial charge in [0.15, 0.2) is 0 Å². The summed E-state index contributed by atoms with van der Waals surface area (Å²) in [6.45, 7) is 6.55. The number of likely N-dealkylation sites (tertiary alicyclic amines) is 2. The smallest absolute Gasteiger partial charge is 0.128 e. The Bertz CT molecular complexity index is 833. The van der Waals surface area contributed by atoms with Crippen molar-refractivity contribution < 1.29 is 4.39 Å². The first-order valence-corrected chi connectivity index (χ1v) is 11.1. The van der Waals surface area contributed by atoms with Gasteiger partial charge in [-0.25, -0.2) is 9.37 Å². The molecule has 0 bridgehead atoms. The number of piperidine rings is 1. The molecule has 0 aliphatic carbocycles. The summed E-state index contributed by atoms with van der Waals surface area (Å²) in [5.41, 5.74) is 2.42. The van der Waals surface area contributed by atoms with Gasteiger partial charge in [0.05, 0.1) is 0 Å². The highest BCUT2D eigenvalue weighted by Gasteiger charge is 2.46. The zero-order chi connectivity index (χ0) is 19.8. The lowest BCUT2D eigenvalue weighted by atomic mass is 9.89. The Morgan fingerprint density at radius 1 is 1.03 bits per heavy atom. The van der Waals surface area contributed by atoms with E-state index in [1.54, 1.807) is 6.07 Å². The molecule has 0 radical (unpaired) electrons. The van der Waals surface area contributed by atoms with Gasteiger partial charge in [0.1, 0.15) is 11.6 Å². The maximum atomic E-state index is 13.8. The van der Waals surface area contributed by atoms with E-state index >= 15 is 0 Å². The summed E-state index contributed by atoms with van der Waals surface area (Å²) in [5.74, 6) is 2.09. The standard InChI is InChI=1S/C24H31FN4/c1-27-15-20-16-29(17-22(20)24(27)19-6-5-7-21(25)12-19)23-9-8-18(13-26-23)14-28-10-3-2-4-11-28/h5-9,12-13,20,22,24H,2-4,10-11,14-17H2,1H3/t20-,22+,24-/m0/s1. The van der Waals surface area contributed by atoms with Crippen LogP contribution in [0.25, 0.3) is 0 Å². The topological polar surface area (TPSA) is 22.6 Å². The molecule has 0 saturated carbocycles. The minimum absolute atomic E-state index is 0.139. The first-order chi connectivity index (χ1) is 14.2. The van der Waals surface area contributed by atoms with E-state index in [4.69, 9.17) is 4.98 Å². The largest absolute Gasteiger partial charge is 0.356 e. The predicted molar refractivity (Wildman–Crippen MR) is 114 cm³/mol. The third-order valence-electron chi connectivity index (χ3n) is 7.07. The van der Waals surface area contributed by atoms with Crippen molar-refractivity contribution >= 4 is 5.82 Å². The normalized spacial score (nSPS) is 28.1. The molecule has 3 fully saturated rings. The van der Waals surface area contributed by atoms with Crippen LogP contribution in [0.1, 0.15) is 36.4 Å². The first kappa shape index (κ1) is 19.0. The summed E-state index contributed by atoms with van der Waals surface area (Å²) in [5, 5.41) is 0. The van der Waals surface area contributed by atoms with E-state index < -0.39 is 0 Å². The van der Waals surface area contributed by atoms with Gasteiger partial charge in [-0.1, -0.05) is 24.6 Å². The zero-order valence-electron chi connectivity index (χ0n) is 17.3. The zero-order valence-corrected chi connectivity index (χ0v) is 17.3. The van der Waals surface area contributed by atoms with Crippen molar-refractivity contribution in [3.05, 3.63) is 59.5 Å². The van der Waals surface area contributed by atoms with E-state index in [1.165, 1.54) is 44.0 Å². The molecule has 0 unspecified atom stereocenters. The number of anilines is 1. The van der Waals surface area contributed by atoms with Crippen molar-refractivity contribution in [1.29, 1.82) is 0 Å². The van der Waals surface area contributed by atoms with Gasteiger partial charge in [-0.15, -0.1) is 0 Å². The molecule has 0 N–H and O–H groups in total. The maximum absolute atomic E-state index is 13.8. The molecule has 2 aromatic rings. The molecule has 0 amide bonds. The minimum Gasteiger partial charge on any atom is -0.356 e. The molecule has 0 spiro atoms. The highest BCUT2D eigenvalue weighted by atomic mass is 19.1. The Morgan fingerprint density at radius 2 is 1.90 bits per heavy atom. The summed E-state index contributed by atoms with van der Waals surface area (Å²) < 4.78 is 13.8. The molecule has 3 saturated heterocycles. The number of hydrogen-bond acceptors (Lipinski definition) is 4. The molecule has 1 aromatic carbocycles. The van der Waals surface area contributed by atoms with E-state index in [1.807, 2.05) is 6.07 Å². The van der Waals surface area contributed by atoms with Crippen molar-refractivity contribution in [2.45, 2.75) is 31.8 Å². The van der Waals surface area contributed by atoms with Crippen LogP contribution in [-0.2, 0) is 6.54 Å². The second-order valence-electron chi connectivity index (χ2n) is 9.13. The van der Waals surface area contributed by atoms with Crippen LogP contribution >= 0.6 is 0 Å². The van der Waals surface area contributed by atoms with E-state index in [-0.39, 0.29) is 5.82 Å². The van der Waals surface area contributed by atoms with Crippen LogP contribution in [0.15, 0.2) is 42.6 Å². The van der Waals surface area contributed by atoms with Crippen LogP contribution < -0.4 is 4.90 Å². The number of hydrogen-bond donors (Lipinski definition) is 0. The van der Waals surface area contributed by atoms with Gasteiger partial charge in [0.25, 0.3) is 0 Å². The Labute approximate surface area is 173 Å².